The van der Waals surface area contributed by atoms with Gasteiger partial charge in [0, 0.05) is 55.1 Å². The number of phenols is 2. The molecule has 2 fully saturated rings. The third kappa shape index (κ3) is 4.94. The molecule has 12 nitrogen and oxygen atoms in total. The van der Waals surface area contributed by atoms with Crippen LogP contribution in [0.25, 0.3) is 0 Å². The Kier molecular flexibility index (Phi) is 7.91. The van der Waals surface area contributed by atoms with Crippen LogP contribution in [-0.2, 0) is 15.9 Å². The second kappa shape index (κ2) is 11.4. The molecule has 2 aromatic rings. The molecule has 0 unspecified atom stereocenters. The molecule has 6 atom stereocenters. The van der Waals surface area contributed by atoms with Crippen LogP contribution >= 0.6 is 0 Å². The van der Waals surface area contributed by atoms with E-state index in [1.807, 2.05) is 5.01 Å². The fourth-order valence-electron chi connectivity index (χ4n) is 6.95. The number of benzene rings is 2. The molecule has 6 rings (SSSR count). The highest BCUT2D eigenvalue weighted by atomic mass is 16.7. The summed E-state index contributed by atoms with van der Waals surface area (Å²) < 4.78 is 17.6. The Morgan fingerprint density at radius 2 is 1.80 bits per heavy atom. The molecule has 2 aliphatic heterocycles. The number of aliphatic hydroxyl groups is 2. The molecule has 2 saturated heterocycles. The Morgan fingerprint density at radius 3 is 2.48 bits per heavy atom. The van der Waals surface area contributed by atoms with Crippen LogP contribution < -0.4 is 10.5 Å². The van der Waals surface area contributed by atoms with E-state index in [-0.39, 0.29) is 58.4 Å². The van der Waals surface area contributed by atoms with Gasteiger partial charge in [0.25, 0.3) is 0 Å². The van der Waals surface area contributed by atoms with Crippen molar-refractivity contribution in [2.75, 3.05) is 20.2 Å². The number of aromatic hydroxyl groups is 2. The van der Waals surface area contributed by atoms with Crippen LogP contribution in [0.15, 0.2) is 23.3 Å². The molecule has 0 amide bonds. The number of methoxy groups -OCH3 is 1. The first-order valence-corrected chi connectivity index (χ1v) is 15.1. The molecule has 12 heteroatoms. The molecule has 2 aromatic carbocycles. The summed E-state index contributed by atoms with van der Waals surface area (Å²) in [6, 6.07) is 3.93. The maximum absolute atomic E-state index is 13.9. The highest BCUT2D eigenvalue weighted by Crippen LogP contribution is 2.52. The molecular formula is C32H39N3O9. The van der Waals surface area contributed by atoms with Crippen LogP contribution in [0.2, 0.25) is 0 Å². The normalized spacial score (nSPS) is 30.5. The lowest BCUT2D eigenvalue weighted by Crippen LogP contribution is -2.52. The quantitative estimate of drug-likeness (QED) is 0.211. The fourth-order valence-corrected chi connectivity index (χ4v) is 6.95. The number of carbonyl (C=O) groups excluding carboxylic acids is 2. The van der Waals surface area contributed by atoms with Crippen molar-refractivity contribution < 1.29 is 44.2 Å². The average Bonchev–Trinajstić information content (AvgIpc) is 3.00. The maximum atomic E-state index is 13.9. The van der Waals surface area contributed by atoms with Crippen LogP contribution in [0.4, 0.5) is 0 Å². The summed E-state index contributed by atoms with van der Waals surface area (Å²) in [7, 11) is 1.37. The Hall–Kier alpha value is -3.55. The summed E-state index contributed by atoms with van der Waals surface area (Å²) in [6.07, 6.45) is -0.688. The molecule has 44 heavy (non-hydrogen) atoms. The number of fused-ring (bicyclic) bond motifs is 3. The standard InChI is InChI=1S/C32H39N3O9/c1-15-27(36)19(33)12-22(43-15)44-21-14-32(41,16(2)34-35-10-5-4-6-11-35)13-18-24(21)31(40)26-25(29(18)38)28(37)17-8-7-9-20(42-3)23(17)30(26)39/h7-9,15,19,21-22,27,36,38,40-41H,4-6,10-14,33H2,1-3H3/t15-,19-,21-,22-,27+,32-/m0/s1. The van der Waals surface area contributed by atoms with E-state index >= 15 is 0 Å². The Balaban J connectivity index is 1.49. The molecule has 4 aliphatic rings. The monoisotopic (exact) mass is 609 g/mol. The zero-order valence-corrected chi connectivity index (χ0v) is 25.1. The summed E-state index contributed by atoms with van der Waals surface area (Å²) in [4.78, 5) is 27.7. The van der Waals surface area contributed by atoms with Crippen molar-refractivity contribution in [2.45, 2.75) is 88.6 Å². The number of phenolic OH excluding ortho intramolecular Hbond substituents is 2. The lowest BCUT2D eigenvalue weighted by atomic mass is 9.71. The van der Waals surface area contributed by atoms with E-state index < -0.39 is 59.3 Å². The number of carbonyl (C=O) groups is 2. The van der Waals surface area contributed by atoms with Crippen LogP contribution in [0.3, 0.4) is 0 Å². The van der Waals surface area contributed by atoms with Crippen LogP contribution in [0, 0.1) is 0 Å². The number of hydrogen-bond donors (Lipinski definition) is 5. The van der Waals surface area contributed by atoms with Gasteiger partial charge in [-0.3, -0.25) is 14.6 Å². The van der Waals surface area contributed by atoms with Gasteiger partial charge in [-0.05, 0) is 39.2 Å². The van der Waals surface area contributed by atoms with Crippen molar-refractivity contribution in [1.82, 2.24) is 5.01 Å². The minimum Gasteiger partial charge on any atom is -0.507 e. The van der Waals surface area contributed by atoms with Gasteiger partial charge in [0.2, 0.25) is 5.78 Å². The van der Waals surface area contributed by atoms with E-state index in [4.69, 9.17) is 25.0 Å². The fraction of sp³-hybridized carbons (Fsp3) is 0.531. The summed E-state index contributed by atoms with van der Waals surface area (Å²) >= 11 is 0. The van der Waals surface area contributed by atoms with E-state index in [1.165, 1.54) is 13.2 Å². The van der Waals surface area contributed by atoms with Gasteiger partial charge in [-0.15, -0.1) is 0 Å². The Morgan fingerprint density at radius 1 is 1.09 bits per heavy atom. The second-order valence-corrected chi connectivity index (χ2v) is 12.3. The zero-order chi connectivity index (χ0) is 31.5. The highest BCUT2D eigenvalue weighted by molar-refractivity contribution is 6.31. The van der Waals surface area contributed by atoms with Gasteiger partial charge < -0.3 is 40.4 Å². The van der Waals surface area contributed by atoms with Gasteiger partial charge in [0.1, 0.15) is 22.8 Å². The summed E-state index contributed by atoms with van der Waals surface area (Å²) in [5.41, 5.74) is 4.38. The SMILES string of the molecule is COc1cccc2c1C(=O)c1c(O)c3c(c(O)c1C2=O)C[C@@](O)(C(C)=NN1CCCCC1)C[C@@H]3O[C@H]1C[C@H](N)[C@H](O)[C@H](C)O1. The molecule has 0 bridgehead atoms. The van der Waals surface area contributed by atoms with E-state index in [0.717, 1.165) is 32.4 Å². The first kappa shape index (κ1) is 30.5. The lowest BCUT2D eigenvalue weighted by Gasteiger charge is -2.43. The van der Waals surface area contributed by atoms with E-state index in [9.17, 15) is 30.0 Å². The number of rotatable bonds is 5. The number of aliphatic hydroxyl groups excluding tert-OH is 1. The van der Waals surface area contributed by atoms with Crippen molar-refractivity contribution in [1.29, 1.82) is 0 Å². The number of nitrogens with zero attached hydrogens (tertiary/aromatic N) is 2. The largest absolute Gasteiger partial charge is 0.507 e. The van der Waals surface area contributed by atoms with Gasteiger partial charge in [-0.25, -0.2) is 0 Å². The predicted molar refractivity (Wildman–Crippen MR) is 158 cm³/mol. The van der Waals surface area contributed by atoms with Gasteiger partial charge in [-0.1, -0.05) is 12.1 Å². The summed E-state index contributed by atoms with van der Waals surface area (Å²) in [5.74, 6) is -2.21. The summed E-state index contributed by atoms with van der Waals surface area (Å²) in [5, 5.41) is 52.5. The van der Waals surface area contributed by atoms with Crippen LogP contribution in [0.5, 0.6) is 17.2 Å². The number of hydrazone groups is 1. The summed E-state index contributed by atoms with van der Waals surface area (Å²) in [6.45, 7) is 4.86. The molecule has 6 N–H and O–H groups in total. The van der Waals surface area contributed by atoms with Gasteiger partial charge in [0.15, 0.2) is 12.1 Å². The molecule has 0 spiro atoms. The number of ether oxygens (including phenoxy) is 3. The van der Waals surface area contributed by atoms with Gasteiger partial charge in [-0.2, -0.15) is 5.10 Å². The third-order valence-electron chi connectivity index (χ3n) is 9.44. The van der Waals surface area contributed by atoms with Crippen LogP contribution in [-0.4, -0.2) is 93.1 Å². The average molecular weight is 610 g/mol. The van der Waals surface area contributed by atoms with Crippen molar-refractivity contribution >= 4 is 17.3 Å². The first-order chi connectivity index (χ1) is 20.9. The molecule has 0 saturated carbocycles. The lowest BCUT2D eigenvalue weighted by molar-refractivity contribution is -0.245. The number of piperidine rings is 1. The zero-order valence-electron chi connectivity index (χ0n) is 25.1. The van der Waals surface area contributed by atoms with E-state index in [1.54, 1.807) is 26.0 Å². The van der Waals surface area contributed by atoms with Crippen molar-refractivity contribution in [3.8, 4) is 17.2 Å². The Bertz CT molecular complexity index is 1520. The molecule has 0 radical (unpaired) electrons. The third-order valence-corrected chi connectivity index (χ3v) is 9.44. The smallest absolute Gasteiger partial charge is 0.202 e. The molecule has 0 aromatic heterocycles. The number of ketones is 2. The van der Waals surface area contributed by atoms with E-state index in [2.05, 4.69) is 0 Å². The number of hydrogen-bond acceptors (Lipinski definition) is 12. The maximum Gasteiger partial charge on any atom is 0.202 e. The predicted octanol–water partition coefficient (Wildman–Crippen LogP) is 2.30. The van der Waals surface area contributed by atoms with Gasteiger partial charge in [0.05, 0.1) is 47.8 Å². The molecule has 2 aliphatic carbocycles. The van der Waals surface area contributed by atoms with E-state index in [0.29, 0.717) is 5.71 Å². The number of nitrogens with two attached hydrogens (primary N) is 1. The topological polar surface area (TPSA) is 184 Å². The molecule has 236 valence electrons. The van der Waals surface area contributed by atoms with Crippen molar-refractivity contribution in [3.05, 3.63) is 51.6 Å². The molecular weight excluding hydrogens is 570 g/mol. The second-order valence-electron chi connectivity index (χ2n) is 12.3. The highest BCUT2D eigenvalue weighted by Gasteiger charge is 2.49. The minimum absolute atomic E-state index is 0.0131. The van der Waals surface area contributed by atoms with Crippen LogP contribution in [0.1, 0.15) is 95.0 Å². The first-order valence-electron chi connectivity index (χ1n) is 15.1. The van der Waals surface area contributed by atoms with Crippen molar-refractivity contribution in [3.63, 3.8) is 0 Å². The minimum atomic E-state index is -1.64. The van der Waals surface area contributed by atoms with Crippen molar-refractivity contribution in [2.24, 2.45) is 10.8 Å². The van der Waals surface area contributed by atoms with Gasteiger partial charge >= 0.3 is 0 Å². The Labute approximate surface area is 255 Å². The molecule has 2 heterocycles.